The molecular formula is C34H50N6O4S. The predicted octanol–water partition coefficient (Wildman–Crippen LogP) is 4.34. The van der Waals surface area contributed by atoms with Crippen molar-refractivity contribution in [2.24, 2.45) is 5.92 Å². The molecule has 2 aromatic carbocycles. The number of hydrogen-bond acceptors (Lipinski definition) is 9. The molecule has 1 heterocycles. The van der Waals surface area contributed by atoms with Crippen LogP contribution < -0.4 is 21.7 Å². The van der Waals surface area contributed by atoms with Crippen LogP contribution >= 0.6 is 11.3 Å². The number of thiazole rings is 1. The highest BCUT2D eigenvalue weighted by atomic mass is 32.1. The number of carbonyl (C=O) groups excluding carboxylic acids is 2. The fourth-order valence-corrected chi connectivity index (χ4v) is 5.61. The summed E-state index contributed by atoms with van der Waals surface area (Å²) in [5, 5.41) is 23.6. The van der Waals surface area contributed by atoms with Crippen molar-refractivity contribution in [2.45, 2.75) is 90.3 Å². The number of ether oxygens (including phenoxy) is 1. The number of rotatable bonds is 16. The molecule has 45 heavy (non-hydrogen) atoms. The molecule has 0 fully saturated rings. The van der Waals surface area contributed by atoms with Crippen LogP contribution in [0.1, 0.15) is 57.9 Å². The highest BCUT2D eigenvalue weighted by Crippen LogP contribution is 2.17. The Kier molecular flexibility index (Phi) is 13.8. The second kappa shape index (κ2) is 17.3. The number of hydrogen-bond donors (Lipinski definition) is 5. The third-order valence-electron chi connectivity index (χ3n) is 7.19. The largest absolute Gasteiger partial charge is 0.444 e. The summed E-state index contributed by atoms with van der Waals surface area (Å²) >= 11 is 1.40. The number of carbonyl (C=O) groups is 2. The van der Waals surface area contributed by atoms with E-state index in [2.05, 4.69) is 20.9 Å². The number of amides is 2. The Morgan fingerprint density at radius 1 is 1.00 bits per heavy atom. The summed E-state index contributed by atoms with van der Waals surface area (Å²) in [6.07, 6.45) is -0.369. The van der Waals surface area contributed by atoms with E-state index in [1.165, 1.54) is 11.3 Å². The van der Waals surface area contributed by atoms with Gasteiger partial charge in [-0.15, -0.1) is 11.3 Å². The van der Waals surface area contributed by atoms with Crippen molar-refractivity contribution in [2.75, 3.05) is 19.5 Å². The molecule has 4 atom stereocenters. The van der Waals surface area contributed by atoms with Crippen LogP contribution in [-0.2, 0) is 28.9 Å². The van der Waals surface area contributed by atoms with Gasteiger partial charge in [-0.3, -0.25) is 15.0 Å². The monoisotopic (exact) mass is 638 g/mol. The summed E-state index contributed by atoms with van der Waals surface area (Å²) in [5.74, 6) is -0.210. The molecule has 0 aliphatic rings. The Labute approximate surface area is 271 Å². The van der Waals surface area contributed by atoms with Gasteiger partial charge in [-0.25, -0.2) is 9.78 Å². The Bertz CT molecular complexity index is 1310. The molecule has 0 bridgehead atoms. The van der Waals surface area contributed by atoms with E-state index < -0.39 is 35.9 Å². The van der Waals surface area contributed by atoms with E-state index in [1.807, 2.05) is 113 Å². The van der Waals surface area contributed by atoms with Crippen molar-refractivity contribution in [1.82, 2.24) is 25.8 Å². The lowest BCUT2D eigenvalue weighted by atomic mass is 9.93. The normalized spacial score (nSPS) is 14.5. The number of aliphatic hydroxyl groups is 1. The average molecular weight is 639 g/mol. The van der Waals surface area contributed by atoms with Gasteiger partial charge in [-0.2, -0.15) is 0 Å². The van der Waals surface area contributed by atoms with E-state index in [0.717, 1.165) is 16.8 Å². The molecule has 0 saturated carbocycles. The first-order chi connectivity index (χ1) is 21.3. The number of nitrogens with one attached hydrogen (secondary N) is 3. The van der Waals surface area contributed by atoms with Crippen LogP contribution in [0.5, 0.6) is 0 Å². The van der Waals surface area contributed by atoms with Crippen LogP contribution in [-0.4, -0.2) is 70.5 Å². The van der Waals surface area contributed by atoms with E-state index in [0.29, 0.717) is 31.2 Å². The molecule has 10 nitrogen and oxygen atoms in total. The van der Waals surface area contributed by atoms with E-state index >= 15 is 0 Å². The minimum Gasteiger partial charge on any atom is -0.444 e. The first-order valence-electron chi connectivity index (χ1n) is 15.5. The molecule has 3 aromatic rings. The van der Waals surface area contributed by atoms with E-state index in [4.69, 9.17) is 10.5 Å². The van der Waals surface area contributed by atoms with Crippen molar-refractivity contribution in [3.05, 3.63) is 82.9 Å². The number of nitrogens with two attached hydrogens (primary N) is 1. The smallest absolute Gasteiger partial charge is 0.407 e. The maximum atomic E-state index is 13.8. The molecule has 0 spiro atoms. The van der Waals surface area contributed by atoms with Crippen LogP contribution in [0.15, 0.2) is 66.0 Å². The summed E-state index contributed by atoms with van der Waals surface area (Å²) in [6.45, 7) is 10.5. The highest BCUT2D eigenvalue weighted by molar-refractivity contribution is 7.13. The van der Waals surface area contributed by atoms with E-state index in [9.17, 15) is 14.7 Å². The minimum absolute atomic E-state index is 0.0116. The first kappa shape index (κ1) is 36.0. The highest BCUT2D eigenvalue weighted by Gasteiger charge is 2.30. The number of alkyl carbamates (subject to hydrolysis) is 1. The van der Waals surface area contributed by atoms with Crippen molar-refractivity contribution in [3.63, 3.8) is 0 Å². The van der Waals surface area contributed by atoms with Crippen LogP contribution in [0.3, 0.4) is 0 Å². The van der Waals surface area contributed by atoms with Crippen LogP contribution in [0, 0.1) is 5.92 Å². The maximum absolute atomic E-state index is 13.8. The minimum atomic E-state index is -0.955. The molecule has 2 amide bonds. The zero-order chi connectivity index (χ0) is 33.0. The number of anilines is 1. The van der Waals surface area contributed by atoms with Crippen molar-refractivity contribution in [1.29, 1.82) is 0 Å². The zero-order valence-corrected chi connectivity index (χ0v) is 28.1. The van der Waals surface area contributed by atoms with Gasteiger partial charge in [-0.1, -0.05) is 74.5 Å². The lowest BCUT2D eigenvalue weighted by molar-refractivity contribution is -0.126. The predicted molar refractivity (Wildman–Crippen MR) is 181 cm³/mol. The third kappa shape index (κ3) is 13.2. The van der Waals surface area contributed by atoms with Crippen molar-refractivity contribution >= 4 is 28.5 Å². The van der Waals surface area contributed by atoms with Gasteiger partial charge >= 0.3 is 6.09 Å². The van der Waals surface area contributed by atoms with Gasteiger partial charge in [0, 0.05) is 24.6 Å². The zero-order valence-electron chi connectivity index (χ0n) is 27.3. The summed E-state index contributed by atoms with van der Waals surface area (Å²) in [6, 6.07) is 18.0. The van der Waals surface area contributed by atoms with Gasteiger partial charge < -0.3 is 26.2 Å². The standard InChI is InChI=1S/C34H50N6O4S/c1-23(2)30(36-22-40(6)20-27-21-45-32(35)37-27)31(42)39-28(18-25-15-11-8-12-16-25)29(41)19-26(17-24-13-9-7-10-14-24)38-33(43)44-34(3,4)5/h7-16,21,23,26,28-30,36,41H,17-20,22H2,1-6H3,(H2,35,37)(H,38,43)(H,39,42)/t26-,28-,29-,30-/m0/s1. The Balaban J connectivity index is 1.75. The van der Waals surface area contributed by atoms with Crippen molar-refractivity contribution in [3.8, 4) is 0 Å². The van der Waals surface area contributed by atoms with Gasteiger partial charge in [0.15, 0.2) is 5.13 Å². The first-order valence-corrected chi connectivity index (χ1v) is 16.3. The fraction of sp³-hybridized carbons (Fsp3) is 0.500. The third-order valence-corrected chi connectivity index (χ3v) is 7.92. The maximum Gasteiger partial charge on any atom is 0.407 e. The second-order valence-electron chi connectivity index (χ2n) is 12.9. The molecule has 3 rings (SSSR count). The number of nitrogen functional groups attached to an aromatic ring is 1. The molecule has 0 aliphatic heterocycles. The quantitative estimate of drug-likeness (QED) is 0.146. The topological polar surface area (TPSA) is 142 Å². The van der Waals surface area contributed by atoms with Crippen molar-refractivity contribution < 1.29 is 19.4 Å². The fourth-order valence-electron chi connectivity index (χ4n) is 5.06. The molecule has 0 radical (unpaired) electrons. The lowest BCUT2D eigenvalue weighted by Gasteiger charge is -2.31. The molecule has 1 aromatic heterocycles. The van der Waals surface area contributed by atoms with Gasteiger partial charge in [0.25, 0.3) is 0 Å². The molecule has 0 saturated heterocycles. The van der Waals surface area contributed by atoms with Gasteiger partial charge in [0.05, 0.1) is 23.9 Å². The SMILES string of the molecule is CC(C)[C@H](NCN(C)Cc1csc(N)n1)C(=O)N[C@@H](Cc1ccccc1)[C@@H](O)C[C@H](Cc1ccccc1)NC(=O)OC(C)(C)C. The second-order valence-corrected chi connectivity index (χ2v) is 13.8. The van der Waals surface area contributed by atoms with Crippen LogP contribution in [0.25, 0.3) is 0 Å². The Hall–Kier alpha value is -3.51. The Morgan fingerprint density at radius 2 is 1.60 bits per heavy atom. The van der Waals surface area contributed by atoms with E-state index in [-0.39, 0.29) is 18.2 Å². The van der Waals surface area contributed by atoms with Gasteiger partial charge in [0.1, 0.15) is 5.60 Å². The summed E-state index contributed by atoms with van der Waals surface area (Å²) in [4.78, 5) is 32.9. The Morgan fingerprint density at radius 3 is 2.13 bits per heavy atom. The van der Waals surface area contributed by atoms with Crippen LogP contribution in [0.4, 0.5) is 9.93 Å². The van der Waals surface area contributed by atoms with E-state index in [1.54, 1.807) is 0 Å². The molecule has 0 unspecified atom stereocenters. The molecule has 0 aliphatic carbocycles. The molecular weight excluding hydrogens is 588 g/mol. The average Bonchev–Trinajstić information content (AvgIpc) is 3.36. The molecule has 11 heteroatoms. The lowest BCUT2D eigenvalue weighted by Crippen LogP contribution is -2.56. The van der Waals surface area contributed by atoms with Gasteiger partial charge in [0.2, 0.25) is 5.91 Å². The molecule has 6 N–H and O–H groups in total. The van der Waals surface area contributed by atoms with Crippen LogP contribution in [0.2, 0.25) is 0 Å². The summed E-state index contributed by atoms with van der Waals surface area (Å²) in [5.41, 5.74) is 7.99. The van der Waals surface area contributed by atoms with Gasteiger partial charge in [-0.05, 0) is 64.1 Å². The molecule has 246 valence electrons. The number of aliphatic hydroxyl groups excluding tert-OH is 1. The summed E-state index contributed by atoms with van der Waals surface area (Å²) < 4.78 is 5.53. The summed E-state index contributed by atoms with van der Waals surface area (Å²) in [7, 11) is 1.95. The number of benzene rings is 2. The number of nitrogens with zero attached hydrogens (tertiary/aromatic N) is 2. The number of aromatic nitrogens is 1.